The van der Waals surface area contributed by atoms with Crippen LogP contribution in [-0.2, 0) is 25.6 Å². The molecule has 0 aliphatic carbocycles. The molecule has 1 N–H and O–H groups in total. The summed E-state index contributed by atoms with van der Waals surface area (Å²) in [5.74, 6) is 1.06. The molecule has 0 radical (unpaired) electrons. The molecule has 0 bridgehead atoms. The predicted molar refractivity (Wildman–Crippen MR) is 124 cm³/mol. The fourth-order valence-electron chi connectivity index (χ4n) is 2.81. The van der Waals surface area contributed by atoms with E-state index < -0.39 is 19.9 Å². The van der Waals surface area contributed by atoms with Crippen LogP contribution in [0.25, 0.3) is 6.08 Å². The third-order valence-corrected chi connectivity index (χ3v) is 7.05. The van der Waals surface area contributed by atoms with E-state index in [0.717, 1.165) is 5.41 Å². The second-order valence-electron chi connectivity index (χ2n) is 6.60. The Hall–Kier alpha value is -2.92. The van der Waals surface area contributed by atoms with E-state index in [1.807, 2.05) is 0 Å². The van der Waals surface area contributed by atoms with E-state index in [9.17, 15) is 16.8 Å². The molecule has 176 valence electrons. The van der Waals surface area contributed by atoms with Crippen LogP contribution in [0.5, 0.6) is 23.0 Å². The van der Waals surface area contributed by atoms with Gasteiger partial charge in [0.05, 0.1) is 51.2 Å². The largest absolute Gasteiger partial charge is 0.496 e. The van der Waals surface area contributed by atoms with E-state index >= 15 is 0 Å². The zero-order valence-electron chi connectivity index (χ0n) is 18.5. The van der Waals surface area contributed by atoms with Gasteiger partial charge in [0, 0.05) is 17.5 Å². The Morgan fingerprint density at radius 2 is 1.44 bits per heavy atom. The molecule has 11 heteroatoms. The highest BCUT2D eigenvalue weighted by Gasteiger charge is 2.16. The molecule has 0 heterocycles. The van der Waals surface area contributed by atoms with E-state index in [-0.39, 0.29) is 22.9 Å². The maximum atomic E-state index is 12.7. The van der Waals surface area contributed by atoms with Crippen LogP contribution < -0.4 is 23.7 Å². The van der Waals surface area contributed by atoms with Gasteiger partial charge in [-0.3, -0.25) is 4.72 Å². The number of hydrogen-bond acceptors (Lipinski definition) is 8. The number of anilines is 1. The third kappa shape index (κ3) is 6.54. The highest BCUT2D eigenvalue weighted by Crippen LogP contribution is 2.35. The van der Waals surface area contributed by atoms with Crippen molar-refractivity contribution in [2.75, 3.05) is 38.9 Å². The van der Waals surface area contributed by atoms with Crippen LogP contribution >= 0.6 is 0 Å². The quantitative estimate of drug-likeness (QED) is 0.516. The standard InChI is InChI=1S/C21H27NO8S2/c1-6-32(25,26)22-18-11-15(7-8-19(18)28-3)14-31(23,24)10-9-17-20(29-4)12-16(27-2)13-21(17)30-5/h7-13,22H,6,14H2,1-5H3/b10-9+. The van der Waals surface area contributed by atoms with Crippen molar-refractivity contribution < 1.29 is 35.8 Å². The summed E-state index contributed by atoms with van der Waals surface area (Å²) in [5.41, 5.74) is 0.993. The first-order valence-electron chi connectivity index (χ1n) is 9.46. The molecular weight excluding hydrogens is 458 g/mol. The van der Waals surface area contributed by atoms with Gasteiger partial charge in [-0.2, -0.15) is 0 Å². The minimum atomic E-state index is -3.73. The van der Waals surface area contributed by atoms with Crippen molar-refractivity contribution in [1.82, 2.24) is 0 Å². The number of sulfonamides is 1. The Balaban J connectivity index is 2.36. The Labute approximate surface area is 188 Å². The number of benzene rings is 2. The van der Waals surface area contributed by atoms with Crippen LogP contribution in [0.15, 0.2) is 35.7 Å². The molecule has 0 unspecified atom stereocenters. The lowest BCUT2D eigenvalue weighted by molar-refractivity contribution is 0.374. The van der Waals surface area contributed by atoms with Gasteiger partial charge in [-0.05, 0) is 30.7 Å². The van der Waals surface area contributed by atoms with Crippen molar-refractivity contribution in [1.29, 1.82) is 0 Å². The topological polar surface area (TPSA) is 117 Å². The first-order valence-corrected chi connectivity index (χ1v) is 12.8. The highest BCUT2D eigenvalue weighted by atomic mass is 32.2. The van der Waals surface area contributed by atoms with Crippen molar-refractivity contribution in [3.8, 4) is 23.0 Å². The van der Waals surface area contributed by atoms with Gasteiger partial charge >= 0.3 is 0 Å². The summed E-state index contributed by atoms with van der Waals surface area (Å²) in [4.78, 5) is 0. The van der Waals surface area contributed by atoms with Crippen molar-refractivity contribution in [3.05, 3.63) is 46.9 Å². The van der Waals surface area contributed by atoms with Gasteiger partial charge in [0.15, 0.2) is 9.84 Å². The van der Waals surface area contributed by atoms with Gasteiger partial charge in [0.2, 0.25) is 10.0 Å². The van der Waals surface area contributed by atoms with Crippen LogP contribution in [0, 0.1) is 0 Å². The summed E-state index contributed by atoms with van der Waals surface area (Å²) >= 11 is 0. The molecular formula is C21H27NO8S2. The molecule has 32 heavy (non-hydrogen) atoms. The summed E-state index contributed by atoms with van der Waals surface area (Å²) in [6.07, 6.45) is 1.39. The van der Waals surface area contributed by atoms with E-state index in [1.165, 1.54) is 53.6 Å². The fraction of sp³-hybridized carbons (Fsp3) is 0.333. The molecule has 0 fully saturated rings. The zero-order valence-corrected chi connectivity index (χ0v) is 20.2. The summed E-state index contributed by atoms with van der Waals surface area (Å²) in [6, 6.07) is 7.74. The molecule has 2 aromatic carbocycles. The van der Waals surface area contributed by atoms with Crippen molar-refractivity contribution >= 4 is 31.6 Å². The van der Waals surface area contributed by atoms with Gasteiger partial charge < -0.3 is 18.9 Å². The first-order chi connectivity index (χ1) is 15.1. The maximum Gasteiger partial charge on any atom is 0.232 e. The second-order valence-corrected chi connectivity index (χ2v) is 10.5. The normalized spacial score (nSPS) is 11.9. The van der Waals surface area contributed by atoms with Gasteiger partial charge in [-0.25, -0.2) is 16.8 Å². The molecule has 0 aliphatic rings. The Morgan fingerprint density at radius 3 is 1.94 bits per heavy atom. The smallest absolute Gasteiger partial charge is 0.232 e. The van der Waals surface area contributed by atoms with Crippen LogP contribution in [0.2, 0.25) is 0 Å². The summed E-state index contributed by atoms with van der Waals surface area (Å²) in [5, 5.41) is 1.06. The van der Waals surface area contributed by atoms with Crippen LogP contribution in [0.4, 0.5) is 5.69 Å². The van der Waals surface area contributed by atoms with Crippen LogP contribution in [-0.4, -0.2) is 51.0 Å². The predicted octanol–water partition coefficient (Wildman–Crippen LogP) is 3.07. The fourth-order valence-corrected chi connectivity index (χ4v) is 4.54. The molecule has 0 amide bonds. The molecule has 9 nitrogen and oxygen atoms in total. The lowest BCUT2D eigenvalue weighted by Gasteiger charge is -2.13. The third-order valence-electron chi connectivity index (χ3n) is 4.47. The highest BCUT2D eigenvalue weighted by molar-refractivity contribution is 7.93. The molecule has 0 aliphatic heterocycles. The van der Waals surface area contributed by atoms with Crippen molar-refractivity contribution in [2.45, 2.75) is 12.7 Å². The van der Waals surface area contributed by atoms with Crippen LogP contribution in [0.3, 0.4) is 0 Å². The van der Waals surface area contributed by atoms with E-state index in [1.54, 1.807) is 18.2 Å². The minimum absolute atomic E-state index is 0.132. The van der Waals surface area contributed by atoms with E-state index in [0.29, 0.717) is 28.4 Å². The number of rotatable bonds is 11. The second kappa shape index (κ2) is 10.6. The van der Waals surface area contributed by atoms with E-state index in [2.05, 4.69) is 4.72 Å². The number of methoxy groups -OCH3 is 4. The molecule has 0 spiro atoms. The lowest BCUT2D eigenvalue weighted by atomic mass is 10.1. The van der Waals surface area contributed by atoms with Gasteiger partial charge in [0.25, 0.3) is 0 Å². The molecule has 2 rings (SSSR count). The molecule has 0 saturated heterocycles. The Kier molecular flexibility index (Phi) is 8.39. The molecule has 0 atom stereocenters. The minimum Gasteiger partial charge on any atom is -0.496 e. The maximum absolute atomic E-state index is 12.7. The summed E-state index contributed by atoms with van der Waals surface area (Å²) < 4.78 is 72.8. The SMILES string of the molecule is CCS(=O)(=O)Nc1cc(CS(=O)(=O)/C=C/c2c(OC)cc(OC)cc2OC)ccc1OC. The average molecular weight is 486 g/mol. The van der Waals surface area contributed by atoms with E-state index in [4.69, 9.17) is 18.9 Å². The Bertz CT molecular complexity index is 1160. The van der Waals surface area contributed by atoms with Crippen molar-refractivity contribution in [2.24, 2.45) is 0 Å². The van der Waals surface area contributed by atoms with Crippen LogP contribution in [0.1, 0.15) is 18.1 Å². The molecule has 0 saturated carbocycles. The number of ether oxygens (including phenoxy) is 4. The summed E-state index contributed by atoms with van der Waals surface area (Å²) in [6.45, 7) is 1.50. The monoisotopic (exact) mass is 485 g/mol. The number of sulfone groups is 1. The molecule has 0 aromatic heterocycles. The average Bonchev–Trinajstić information content (AvgIpc) is 2.76. The van der Waals surface area contributed by atoms with Gasteiger partial charge in [-0.1, -0.05) is 6.07 Å². The summed E-state index contributed by atoms with van der Waals surface area (Å²) in [7, 11) is -1.49. The van der Waals surface area contributed by atoms with Gasteiger partial charge in [-0.15, -0.1) is 0 Å². The lowest BCUT2D eigenvalue weighted by Crippen LogP contribution is -2.15. The zero-order chi connectivity index (χ0) is 23.9. The van der Waals surface area contributed by atoms with Gasteiger partial charge in [0.1, 0.15) is 23.0 Å². The number of hydrogen-bond donors (Lipinski definition) is 1. The number of nitrogens with one attached hydrogen (secondary N) is 1. The first kappa shape index (κ1) is 25.3. The molecule has 2 aromatic rings. The van der Waals surface area contributed by atoms with Crippen molar-refractivity contribution in [3.63, 3.8) is 0 Å². The Morgan fingerprint density at radius 1 is 0.844 bits per heavy atom.